The van der Waals surface area contributed by atoms with Gasteiger partial charge in [0.25, 0.3) is 10.1 Å². The highest BCUT2D eigenvalue weighted by molar-refractivity contribution is 7.85. The van der Waals surface area contributed by atoms with Gasteiger partial charge in [0.1, 0.15) is 5.76 Å². The van der Waals surface area contributed by atoms with E-state index in [4.69, 9.17) is 34.5 Å². The Hall–Kier alpha value is -3.55. The summed E-state index contributed by atoms with van der Waals surface area (Å²) in [6, 6.07) is 2.13. The molecule has 196 valence electrons. The van der Waals surface area contributed by atoms with E-state index in [1.807, 2.05) is 19.9 Å². The molecule has 0 saturated carbocycles. The van der Waals surface area contributed by atoms with Crippen molar-refractivity contribution < 1.29 is 51.8 Å². The molecular formula is C22H27N3O10S. The van der Waals surface area contributed by atoms with Crippen molar-refractivity contribution in [2.75, 3.05) is 39.5 Å². The van der Waals surface area contributed by atoms with E-state index >= 15 is 0 Å². The monoisotopic (exact) mass is 525 g/mol. The summed E-state index contributed by atoms with van der Waals surface area (Å²) in [5.41, 5.74) is 9.50. The average Bonchev–Trinajstić information content (AvgIpc) is 2.85. The van der Waals surface area contributed by atoms with E-state index in [1.165, 1.54) is 0 Å². The van der Waals surface area contributed by atoms with Gasteiger partial charge in [-0.15, -0.1) is 0 Å². The fourth-order valence-electron chi connectivity index (χ4n) is 3.33. The van der Waals surface area contributed by atoms with Crippen LogP contribution in [0.3, 0.4) is 0 Å². The first-order chi connectivity index (χ1) is 17.0. The fourth-order valence-corrected chi connectivity index (χ4v) is 3.88. The summed E-state index contributed by atoms with van der Waals surface area (Å²) >= 11 is 0. The van der Waals surface area contributed by atoms with Crippen LogP contribution in [0.4, 0.5) is 0 Å². The zero-order chi connectivity index (χ0) is 26.9. The Morgan fingerprint density at radius 3 is 2.14 bits per heavy atom. The van der Waals surface area contributed by atoms with Crippen molar-refractivity contribution in [3.05, 3.63) is 58.5 Å². The molecule has 36 heavy (non-hydrogen) atoms. The molecular weight excluding hydrogens is 498 g/mol. The molecule has 1 aliphatic carbocycles. The van der Waals surface area contributed by atoms with Gasteiger partial charge in [-0.2, -0.15) is 13.2 Å². The predicted molar refractivity (Wildman–Crippen MR) is 124 cm³/mol. The molecule has 1 fully saturated rings. The van der Waals surface area contributed by atoms with Gasteiger partial charge in [-0.1, -0.05) is 0 Å². The van der Waals surface area contributed by atoms with Gasteiger partial charge in [-0.3, -0.25) is 4.55 Å². The predicted octanol–water partition coefficient (Wildman–Crippen LogP) is 1.54. The zero-order valence-electron chi connectivity index (χ0n) is 19.7. The van der Waals surface area contributed by atoms with Gasteiger partial charge in [-0.05, 0) is 38.1 Å². The van der Waals surface area contributed by atoms with E-state index in [0.29, 0.717) is 44.3 Å². The number of carboxylic acids is 2. The summed E-state index contributed by atoms with van der Waals surface area (Å²) in [5.74, 6) is -2.26. The first-order valence-corrected chi connectivity index (χ1v) is 12.3. The number of rotatable bonds is 8. The maximum absolute atomic E-state index is 10.8. The third kappa shape index (κ3) is 7.73. The second-order valence-corrected chi connectivity index (χ2v) is 8.75. The van der Waals surface area contributed by atoms with Gasteiger partial charge < -0.3 is 34.9 Å². The molecule has 1 aromatic carbocycles. The molecule has 3 rings (SSSR count). The molecule has 1 aromatic rings. The summed E-state index contributed by atoms with van der Waals surface area (Å²) in [6.45, 7) is 8.01. The van der Waals surface area contributed by atoms with Crippen molar-refractivity contribution >= 4 is 27.8 Å². The van der Waals surface area contributed by atoms with Gasteiger partial charge in [0.15, 0.2) is 6.10 Å². The quantitative estimate of drug-likeness (QED) is 0.253. The number of ether oxygens (including phenoxy) is 3. The Morgan fingerprint density at radius 1 is 1.11 bits per heavy atom. The summed E-state index contributed by atoms with van der Waals surface area (Å²) < 4.78 is 46.8. The number of nitrogens with zero attached hydrogens (tertiary/aromatic N) is 3. The van der Waals surface area contributed by atoms with Crippen LogP contribution < -0.4 is 0 Å². The minimum atomic E-state index is -4.64. The number of aromatic carboxylic acids is 2. The van der Waals surface area contributed by atoms with Crippen LogP contribution >= 0.6 is 0 Å². The third-order valence-electron chi connectivity index (χ3n) is 4.94. The summed E-state index contributed by atoms with van der Waals surface area (Å²) in [5, 5.41) is 17.2. The molecule has 0 spiro atoms. The standard InChI is InChI=1S/C14H21N3O3.C8H6O7S/c1-3-19-13-10-12(17-5-7-18-8-6-17)14(20-4-2)9-11(13)16-15;9-7(10)4-1-5(8(11)12)3-6(2-4)16(13,14)15/h9-10,13H,3-8H2,1-2H3;1-3H,(H,9,10)(H,11,12)(H,13,14,15). The molecule has 3 N–H and O–H groups in total. The minimum Gasteiger partial charge on any atom is -0.491 e. The van der Waals surface area contributed by atoms with Gasteiger partial charge in [0.05, 0.1) is 47.6 Å². The molecule has 2 aliphatic rings. The van der Waals surface area contributed by atoms with Crippen LogP contribution in [0.1, 0.15) is 34.6 Å². The lowest BCUT2D eigenvalue weighted by Gasteiger charge is -2.33. The summed E-state index contributed by atoms with van der Waals surface area (Å²) in [7, 11) is -4.64. The topological polar surface area (TPSA) is 196 Å². The molecule has 0 radical (unpaired) electrons. The van der Waals surface area contributed by atoms with E-state index in [1.54, 1.807) is 6.08 Å². The molecule has 0 bridgehead atoms. The Labute approximate surface area is 207 Å². The molecule has 0 aromatic heterocycles. The highest BCUT2D eigenvalue weighted by Gasteiger charge is 2.31. The van der Waals surface area contributed by atoms with Crippen LogP contribution in [-0.4, -0.2) is 96.1 Å². The lowest BCUT2D eigenvalue weighted by atomic mass is 10.0. The Balaban J connectivity index is 0.000000261. The van der Waals surface area contributed by atoms with E-state index in [-0.39, 0.29) is 6.10 Å². The maximum atomic E-state index is 10.8. The first-order valence-electron chi connectivity index (χ1n) is 10.8. The molecule has 0 amide bonds. The van der Waals surface area contributed by atoms with Crippen molar-refractivity contribution in [2.24, 2.45) is 0 Å². The van der Waals surface area contributed by atoms with Crippen molar-refractivity contribution in [1.82, 2.24) is 4.90 Å². The van der Waals surface area contributed by atoms with Crippen LogP contribution in [-0.2, 0) is 24.3 Å². The normalized spacial score (nSPS) is 17.7. The van der Waals surface area contributed by atoms with Gasteiger partial charge in [-0.25, -0.2) is 9.59 Å². The number of morpholine rings is 1. The second kappa shape index (κ2) is 13.0. The van der Waals surface area contributed by atoms with Crippen molar-refractivity contribution in [1.29, 1.82) is 0 Å². The highest BCUT2D eigenvalue weighted by Crippen LogP contribution is 2.24. The summed E-state index contributed by atoms with van der Waals surface area (Å²) in [4.78, 5) is 25.9. The lowest BCUT2D eigenvalue weighted by molar-refractivity contribution is -0.0230. The van der Waals surface area contributed by atoms with E-state index < -0.39 is 38.1 Å². The maximum Gasteiger partial charge on any atom is 0.335 e. The fraction of sp³-hybridized carbons (Fsp3) is 0.409. The first kappa shape index (κ1) is 28.7. The third-order valence-corrected chi connectivity index (χ3v) is 5.78. The van der Waals surface area contributed by atoms with Crippen molar-refractivity contribution in [3.8, 4) is 0 Å². The number of carbonyl (C=O) groups is 2. The van der Waals surface area contributed by atoms with Crippen LogP contribution in [0.2, 0.25) is 0 Å². The molecule has 1 saturated heterocycles. The van der Waals surface area contributed by atoms with Gasteiger partial charge in [0.2, 0.25) is 0 Å². The lowest BCUT2D eigenvalue weighted by Crippen LogP contribution is -2.39. The van der Waals surface area contributed by atoms with Crippen LogP contribution in [0.5, 0.6) is 0 Å². The average molecular weight is 526 g/mol. The van der Waals surface area contributed by atoms with E-state index in [9.17, 15) is 18.0 Å². The van der Waals surface area contributed by atoms with Crippen LogP contribution in [0, 0.1) is 0 Å². The zero-order valence-corrected chi connectivity index (χ0v) is 20.5. The van der Waals surface area contributed by atoms with Gasteiger partial charge in [0, 0.05) is 19.7 Å². The second-order valence-electron chi connectivity index (χ2n) is 7.33. The smallest absolute Gasteiger partial charge is 0.335 e. The molecule has 1 aliphatic heterocycles. The van der Waals surface area contributed by atoms with Crippen molar-refractivity contribution in [2.45, 2.75) is 24.8 Å². The molecule has 1 heterocycles. The Bertz CT molecular complexity index is 1160. The molecule has 1 atom stereocenters. The van der Waals surface area contributed by atoms with Crippen LogP contribution in [0.25, 0.3) is 5.53 Å². The van der Waals surface area contributed by atoms with Gasteiger partial charge >= 0.3 is 17.7 Å². The van der Waals surface area contributed by atoms with Crippen LogP contribution in [0.15, 0.2) is 46.7 Å². The van der Waals surface area contributed by atoms with Crippen molar-refractivity contribution in [3.63, 3.8) is 0 Å². The largest absolute Gasteiger partial charge is 0.491 e. The number of hydrogen-bond acceptors (Lipinski definition) is 8. The number of hydrogen-bond donors (Lipinski definition) is 3. The minimum absolute atomic E-state index is 0.341. The highest BCUT2D eigenvalue weighted by atomic mass is 32.2. The van der Waals surface area contributed by atoms with E-state index in [2.05, 4.69) is 9.69 Å². The summed E-state index contributed by atoms with van der Waals surface area (Å²) in [6.07, 6.45) is 3.36. The molecule has 14 heteroatoms. The van der Waals surface area contributed by atoms with E-state index in [0.717, 1.165) is 30.6 Å². The number of carboxylic acid groups (broad SMARTS) is 2. The Kier molecular flexibility index (Phi) is 10.3. The Morgan fingerprint density at radius 2 is 1.69 bits per heavy atom. The SMILES string of the molecule is CCOC1=CC(=[N+]=[N-])C(OCC)C=C1N1CCOCC1.O=C(O)c1cc(C(=O)O)cc(S(=O)(=O)O)c1. The molecule has 13 nitrogen and oxygen atoms in total. The number of benzene rings is 1. The molecule has 1 unspecified atom stereocenters.